The van der Waals surface area contributed by atoms with Gasteiger partial charge in [-0.2, -0.15) is 0 Å². The van der Waals surface area contributed by atoms with Crippen molar-refractivity contribution >= 4 is 5.91 Å². The van der Waals surface area contributed by atoms with Crippen molar-refractivity contribution < 1.29 is 4.79 Å². The average molecular weight is 289 g/mol. The van der Waals surface area contributed by atoms with Crippen LogP contribution in [0, 0.1) is 6.92 Å². The van der Waals surface area contributed by atoms with Crippen molar-refractivity contribution in [3.05, 3.63) is 35.4 Å². The molecule has 1 saturated heterocycles. The van der Waals surface area contributed by atoms with Crippen molar-refractivity contribution in [3.63, 3.8) is 0 Å². The van der Waals surface area contributed by atoms with E-state index in [-0.39, 0.29) is 11.9 Å². The smallest absolute Gasteiger partial charge is 0.236 e. The Bertz CT molecular complexity index is 450. The lowest BCUT2D eigenvalue weighted by atomic mass is 10.1. The molecule has 1 aromatic carbocycles. The second-order valence-corrected chi connectivity index (χ2v) is 5.97. The summed E-state index contributed by atoms with van der Waals surface area (Å²) in [5.74, 6) is 0.199. The van der Waals surface area contributed by atoms with Crippen molar-refractivity contribution in [1.29, 1.82) is 0 Å². The first kappa shape index (κ1) is 16.0. The summed E-state index contributed by atoms with van der Waals surface area (Å²) in [6.45, 7) is 8.69. The maximum absolute atomic E-state index is 12.5. The number of hydrogen-bond donors (Lipinski definition) is 1. The van der Waals surface area contributed by atoms with Crippen LogP contribution in [0.2, 0.25) is 0 Å². The maximum atomic E-state index is 12.5. The fraction of sp³-hybridized carbons (Fsp3) is 0.588. The van der Waals surface area contributed by atoms with E-state index in [1.54, 1.807) is 0 Å². The van der Waals surface area contributed by atoms with Crippen molar-refractivity contribution in [2.24, 2.45) is 0 Å². The van der Waals surface area contributed by atoms with Gasteiger partial charge in [0.1, 0.15) is 0 Å². The number of carbonyl (C=O) groups excluding carboxylic acids is 1. The summed E-state index contributed by atoms with van der Waals surface area (Å²) >= 11 is 0. The molecule has 21 heavy (non-hydrogen) atoms. The summed E-state index contributed by atoms with van der Waals surface area (Å²) in [5.41, 5.74) is 2.44. The first-order valence-corrected chi connectivity index (χ1v) is 7.83. The second kappa shape index (κ2) is 7.57. The summed E-state index contributed by atoms with van der Waals surface area (Å²) in [7, 11) is 1.91. The van der Waals surface area contributed by atoms with Gasteiger partial charge < -0.3 is 10.2 Å². The van der Waals surface area contributed by atoms with Crippen LogP contribution in [-0.4, -0.2) is 55.5 Å². The van der Waals surface area contributed by atoms with Crippen LogP contribution < -0.4 is 5.32 Å². The molecule has 1 aliphatic rings. The zero-order valence-corrected chi connectivity index (χ0v) is 13.4. The molecule has 116 valence electrons. The molecule has 0 aliphatic carbocycles. The average Bonchev–Trinajstić information content (AvgIpc) is 2.75. The molecule has 1 amide bonds. The number of hydrogen-bond acceptors (Lipinski definition) is 3. The normalized spacial score (nSPS) is 18.0. The van der Waals surface area contributed by atoms with Gasteiger partial charge in [0, 0.05) is 20.1 Å². The van der Waals surface area contributed by atoms with Crippen molar-refractivity contribution in [2.75, 3.05) is 39.8 Å². The Morgan fingerprint density at radius 1 is 1.29 bits per heavy atom. The molecule has 1 atom stereocenters. The number of nitrogens with zero attached hydrogens (tertiary/aromatic N) is 2. The largest absolute Gasteiger partial charge is 0.338 e. The Kier molecular flexibility index (Phi) is 5.76. The SMILES string of the molecule is Cc1ccc(C(C)N(C)C(=O)CN2CCCNCC2)cc1. The van der Waals surface area contributed by atoms with E-state index in [0.717, 1.165) is 32.6 Å². The standard InChI is InChI=1S/C17H27N3O/c1-14-5-7-16(8-6-14)15(2)19(3)17(21)13-20-11-4-9-18-10-12-20/h5-8,15,18H,4,9-13H2,1-3H3. The Hall–Kier alpha value is -1.39. The van der Waals surface area contributed by atoms with E-state index in [9.17, 15) is 4.79 Å². The van der Waals surface area contributed by atoms with Crippen LogP contribution in [0.15, 0.2) is 24.3 Å². The molecule has 0 saturated carbocycles. The third kappa shape index (κ3) is 4.55. The minimum Gasteiger partial charge on any atom is -0.338 e. The third-order valence-electron chi connectivity index (χ3n) is 4.33. The molecule has 1 heterocycles. The van der Waals surface area contributed by atoms with E-state index in [0.29, 0.717) is 6.54 Å². The van der Waals surface area contributed by atoms with Gasteiger partial charge in [0.2, 0.25) is 5.91 Å². The maximum Gasteiger partial charge on any atom is 0.236 e. The zero-order valence-electron chi connectivity index (χ0n) is 13.4. The van der Waals surface area contributed by atoms with Crippen molar-refractivity contribution in [2.45, 2.75) is 26.3 Å². The summed E-state index contributed by atoms with van der Waals surface area (Å²) in [6.07, 6.45) is 1.12. The quantitative estimate of drug-likeness (QED) is 0.918. The molecular formula is C17H27N3O. The van der Waals surface area contributed by atoms with Gasteiger partial charge in [0.15, 0.2) is 0 Å². The Balaban J connectivity index is 1.92. The molecule has 0 radical (unpaired) electrons. The predicted octanol–water partition coefficient (Wildman–Crippen LogP) is 1.81. The first-order valence-electron chi connectivity index (χ1n) is 7.83. The topological polar surface area (TPSA) is 35.6 Å². The van der Waals surface area contributed by atoms with Crippen LogP contribution >= 0.6 is 0 Å². The van der Waals surface area contributed by atoms with Gasteiger partial charge in [-0.05, 0) is 38.9 Å². The van der Waals surface area contributed by atoms with Gasteiger partial charge in [0.25, 0.3) is 0 Å². The van der Waals surface area contributed by atoms with E-state index in [1.165, 1.54) is 11.1 Å². The summed E-state index contributed by atoms with van der Waals surface area (Å²) in [6, 6.07) is 8.54. The molecule has 0 spiro atoms. The number of likely N-dealkylation sites (N-methyl/N-ethyl adjacent to an activating group) is 1. The number of aryl methyl sites for hydroxylation is 1. The van der Waals surface area contributed by atoms with Gasteiger partial charge >= 0.3 is 0 Å². The van der Waals surface area contributed by atoms with Gasteiger partial charge in [-0.25, -0.2) is 0 Å². The van der Waals surface area contributed by atoms with Crippen LogP contribution in [-0.2, 0) is 4.79 Å². The molecule has 0 bridgehead atoms. The van der Waals surface area contributed by atoms with Crippen LogP contribution in [0.25, 0.3) is 0 Å². The number of rotatable bonds is 4. The predicted molar refractivity (Wildman–Crippen MR) is 86.3 cm³/mol. The molecule has 0 aromatic heterocycles. The minimum absolute atomic E-state index is 0.114. The van der Waals surface area contributed by atoms with Crippen LogP contribution in [0.4, 0.5) is 0 Å². The number of amides is 1. The van der Waals surface area contributed by atoms with Gasteiger partial charge in [-0.15, -0.1) is 0 Å². The highest BCUT2D eigenvalue weighted by molar-refractivity contribution is 5.78. The molecular weight excluding hydrogens is 262 g/mol. The van der Waals surface area contributed by atoms with E-state index in [4.69, 9.17) is 0 Å². The molecule has 1 N–H and O–H groups in total. The summed E-state index contributed by atoms with van der Waals surface area (Å²) < 4.78 is 0. The lowest BCUT2D eigenvalue weighted by Crippen LogP contribution is -2.40. The lowest BCUT2D eigenvalue weighted by Gasteiger charge is -2.28. The van der Waals surface area contributed by atoms with E-state index < -0.39 is 0 Å². The summed E-state index contributed by atoms with van der Waals surface area (Å²) in [4.78, 5) is 16.6. The minimum atomic E-state index is 0.114. The monoisotopic (exact) mass is 289 g/mol. The second-order valence-electron chi connectivity index (χ2n) is 5.97. The first-order chi connectivity index (χ1) is 10.1. The molecule has 2 rings (SSSR count). The number of nitrogens with one attached hydrogen (secondary N) is 1. The fourth-order valence-corrected chi connectivity index (χ4v) is 2.65. The molecule has 4 heteroatoms. The Morgan fingerprint density at radius 3 is 2.71 bits per heavy atom. The van der Waals surface area contributed by atoms with Crippen LogP contribution in [0.1, 0.15) is 30.5 Å². The van der Waals surface area contributed by atoms with Crippen molar-refractivity contribution in [1.82, 2.24) is 15.1 Å². The fourth-order valence-electron chi connectivity index (χ4n) is 2.65. The molecule has 1 aliphatic heterocycles. The Labute approximate surface area is 128 Å². The highest BCUT2D eigenvalue weighted by Gasteiger charge is 2.20. The zero-order chi connectivity index (χ0) is 15.2. The van der Waals surface area contributed by atoms with Crippen LogP contribution in [0.3, 0.4) is 0 Å². The molecule has 1 unspecified atom stereocenters. The number of carbonyl (C=O) groups is 1. The van der Waals surface area contributed by atoms with E-state index in [1.807, 2.05) is 11.9 Å². The third-order valence-corrected chi connectivity index (χ3v) is 4.33. The number of benzene rings is 1. The van der Waals surface area contributed by atoms with E-state index >= 15 is 0 Å². The Morgan fingerprint density at radius 2 is 2.00 bits per heavy atom. The van der Waals surface area contributed by atoms with Crippen LogP contribution in [0.5, 0.6) is 0 Å². The summed E-state index contributed by atoms with van der Waals surface area (Å²) in [5, 5.41) is 3.37. The molecule has 4 nitrogen and oxygen atoms in total. The molecule has 1 fully saturated rings. The highest BCUT2D eigenvalue weighted by Crippen LogP contribution is 2.19. The van der Waals surface area contributed by atoms with Crippen molar-refractivity contribution in [3.8, 4) is 0 Å². The van der Waals surface area contributed by atoms with Gasteiger partial charge in [-0.3, -0.25) is 9.69 Å². The highest BCUT2D eigenvalue weighted by atomic mass is 16.2. The van der Waals surface area contributed by atoms with E-state index in [2.05, 4.69) is 48.3 Å². The van der Waals surface area contributed by atoms with Gasteiger partial charge in [-0.1, -0.05) is 29.8 Å². The molecule has 1 aromatic rings. The van der Waals surface area contributed by atoms with Gasteiger partial charge in [0.05, 0.1) is 12.6 Å². The lowest BCUT2D eigenvalue weighted by molar-refractivity contribution is -0.133.